The first-order valence-corrected chi connectivity index (χ1v) is 12.1. The smallest absolute Gasteiger partial charge is 0.368 e. The number of hydrogen-bond donors (Lipinski definition) is 2. The molecule has 2 N–H and O–H groups in total. The summed E-state index contributed by atoms with van der Waals surface area (Å²) in [5, 5.41) is 2.68. The van der Waals surface area contributed by atoms with Gasteiger partial charge < -0.3 is 15.1 Å². The Hall–Kier alpha value is -3.12. The van der Waals surface area contributed by atoms with E-state index in [0.717, 1.165) is 12.1 Å². The molecule has 1 saturated heterocycles. The highest BCUT2D eigenvalue weighted by Crippen LogP contribution is 2.32. The van der Waals surface area contributed by atoms with Crippen molar-refractivity contribution in [3.05, 3.63) is 53.6 Å². The van der Waals surface area contributed by atoms with Gasteiger partial charge >= 0.3 is 6.18 Å². The molecule has 2 heterocycles. The molecule has 1 fully saturated rings. The summed E-state index contributed by atoms with van der Waals surface area (Å²) in [5.74, 6) is -0.544. The van der Waals surface area contributed by atoms with E-state index < -0.39 is 34.2 Å². The van der Waals surface area contributed by atoms with E-state index in [2.05, 4.69) is 10.0 Å². The average Bonchev–Trinajstić information content (AvgIpc) is 2.82. The number of alkyl halides is 3. The van der Waals surface area contributed by atoms with Crippen LogP contribution >= 0.6 is 0 Å². The third kappa shape index (κ3) is 5.33. The molecule has 12 heteroatoms. The Bertz CT molecular complexity index is 1210. The number of benzene rings is 2. The van der Waals surface area contributed by atoms with Gasteiger partial charge in [-0.05, 0) is 48.4 Å². The van der Waals surface area contributed by atoms with Crippen molar-refractivity contribution in [2.75, 3.05) is 42.9 Å². The van der Waals surface area contributed by atoms with Gasteiger partial charge in [0.1, 0.15) is 0 Å². The molecule has 2 aliphatic rings. The van der Waals surface area contributed by atoms with Crippen molar-refractivity contribution >= 4 is 33.2 Å². The summed E-state index contributed by atoms with van der Waals surface area (Å²) < 4.78 is 66.5. The lowest BCUT2D eigenvalue weighted by Crippen LogP contribution is -2.51. The molecule has 0 saturated carbocycles. The highest BCUT2D eigenvalue weighted by atomic mass is 32.2. The lowest BCUT2D eigenvalue weighted by molar-refractivity contribution is -0.137. The maximum absolute atomic E-state index is 13.0. The second kappa shape index (κ2) is 9.26. The Morgan fingerprint density at radius 2 is 1.76 bits per heavy atom. The van der Waals surface area contributed by atoms with E-state index in [4.69, 9.17) is 0 Å². The highest BCUT2D eigenvalue weighted by molar-refractivity contribution is 7.89. The van der Waals surface area contributed by atoms with Crippen molar-refractivity contribution < 1.29 is 31.2 Å². The number of fused-ring (bicyclic) bond motifs is 1. The third-order valence-electron chi connectivity index (χ3n) is 5.87. The molecule has 2 aromatic rings. The lowest BCUT2D eigenvalue weighted by atomic mass is 10.0. The minimum Gasteiger partial charge on any atom is -0.368 e. The minimum absolute atomic E-state index is 0.00423. The van der Waals surface area contributed by atoms with Gasteiger partial charge in [-0.1, -0.05) is 6.07 Å². The van der Waals surface area contributed by atoms with Crippen molar-refractivity contribution in [2.45, 2.75) is 23.9 Å². The van der Waals surface area contributed by atoms with Crippen LogP contribution in [-0.2, 0) is 32.2 Å². The molecule has 8 nitrogen and oxygen atoms in total. The number of sulfonamides is 1. The van der Waals surface area contributed by atoms with Gasteiger partial charge in [0, 0.05) is 44.0 Å². The summed E-state index contributed by atoms with van der Waals surface area (Å²) in [6, 6.07) is 9.39. The first-order chi connectivity index (χ1) is 16.0. The number of carbonyl (C=O) groups excluding carboxylic acids is 2. The number of rotatable bonds is 5. The van der Waals surface area contributed by atoms with E-state index >= 15 is 0 Å². The van der Waals surface area contributed by atoms with Crippen molar-refractivity contribution in [1.29, 1.82) is 0 Å². The number of amides is 2. The van der Waals surface area contributed by atoms with E-state index in [0.29, 0.717) is 36.4 Å². The second-order valence-electron chi connectivity index (χ2n) is 8.11. The molecular weight excluding hydrogens is 473 g/mol. The van der Waals surface area contributed by atoms with E-state index in [1.807, 2.05) is 0 Å². The first kappa shape index (κ1) is 24.0. The third-order valence-corrected chi connectivity index (χ3v) is 7.27. The summed E-state index contributed by atoms with van der Waals surface area (Å²) in [4.78, 5) is 27.3. The van der Waals surface area contributed by atoms with Crippen LogP contribution in [0.25, 0.3) is 0 Å². The number of halogens is 3. The zero-order valence-electron chi connectivity index (χ0n) is 18.1. The SMILES string of the molecule is O=C1CCc2cc(S(=O)(=O)NCC(=O)N3CCN(c4cccc(C(F)(F)F)c4)CC3)ccc2N1. The van der Waals surface area contributed by atoms with Crippen LogP contribution in [0, 0.1) is 0 Å². The van der Waals surface area contributed by atoms with E-state index in [9.17, 15) is 31.2 Å². The molecule has 2 amide bonds. The van der Waals surface area contributed by atoms with Crippen LogP contribution in [0.15, 0.2) is 47.4 Å². The van der Waals surface area contributed by atoms with Crippen LogP contribution in [0.3, 0.4) is 0 Å². The predicted octanol–water partition coefficient (Wildman–Crippen LogP) is 2.22. The van der Waals surface area contributed by atoms with Gasteiger partial charge in [-0.25, -0.2) is 13.1 Å². The van der Waals surface area contributed by atoms with Gasteiger partial charge in [-0.15, -0.1) is 0 Å². The van der Waals surface area contributed by atoms with Crippen molar-refractivity contribution in [2.24, 2.45) is 0 Å². The van der Waals surface area contributed by atoms with E-state index in [1.54, 1.807) is 11.0 Å². The van der Waals surface area contributed by atoms with Crippen LogP contribution in [0.2, 0.25) is 0 Å². The van der Waals surface area contributed by atoms with Crippen molar-refractivity contribution in [3.63, 3.8) is 0 Å². The highest BCUT2D eigenvalue weighted by Gasteiger charge is 2.31. The maximum atomic E-state index is 13.0. The standard InChI is InChI=1S/C22H23F3N4O4S/c23-22(24,25)16-2-1-3-17(13-16)28-8-10-29(11-9-28)21(31)14-26-34(32,33)18-5-6-19-15(12-18)4-7-20(30)27-19/h1-3,5-6,12-13,26H,4,7-11,14H2,(H,27,30). The number of nitrogens with one attached hydrogen (secondary N) is 2. The molecule has 0 aromatic heterocycles. The number of hydrogen-bond acceptors (Lipinski definition) is 5. The van der Waals surface area contributed by atoms with Crippen LogP contribution < -0.4 is 14.9 Å². The number of aryl methyl sites for hydroxylation is 1. The van der Waals surface area contributed by atoms with Gasteiger partial charge in [-0.2, -0.15) is 13.2 Å². The molecule has 2 aliphatic heterocycles. The Morgan fingerprint density at radius 1 is 1.03 bits per heavy atom. The predicted molar refractivity (Wildman–Crippen MR) is 119 cm³/mol. The molecule has 2 aromatic carbocycles. The topological polar surface area (TPSA) is 98.8 Å². The molecular formula is C22H23F3N4O4S. The van der Waals surface area contributed by atoms with Gasteiger partial charge in [0.25, 0.3) is 0 Å². The molecule has 4 rings (SSSR count). The molecule has 0 radical (unpaired) electrons. The van der Waals surface area contributed by atoms with Crippen LogP contribution in [0.5, 0.6) is 0 Å². The number of carbonyl (C=O) groups is 2. The Kier molecular flexibility index (Phi) is 6.54. The molecule has 182 valence electrons. The molecule has 34 heavy (non-hydrogen) atoms. The summed E-state index contributed by atoms with van der Waals surface area (Å²) >= 11 is 0. The van der Waals surface area contributed by atoms with E-state index in [-0.39, 0.29) is 30.3 Å². The zero-order valence-corrected chi connectivity index (χ0v) is 18.9. The fraction of sp³-hybridized carbons (Fsp3) is 0.364. The molecule has 0 bridgehead atoms. The largest absolute Gasteiger partial charge is 0.416 e. The summed E-state index contributed by atoms with van der Waals surface area (Å²) in [5.41, 5.74) is 0.970. The van der Waals surface area contributed by atoms with Gasteiger partial charge in [-0.3, -0.25) is 9.59 Å². The number of nitrogens with zero attached hydrogens (tertiary/aromatic N) is 2. The van der Waals surface area contributed by atoms with Crippen LogP contribution in [0.1, 0.15) is 17.5 Å². The van der Waals surface area contributed by atoms with Gasteiger partial charge in [0.2, 0.25) is 21.8 Å². The molecule has 0 unspecified atom stereocenters. The Labute approximate surface area is 194 Å². The van der Waals surface area contributed by atoms with Crippen LogP contribution in [0.4, 0.5) is 24.5 Å². The summed E-state index contributed by atoms with van der Waals surface area (Å²) in [6.07, 6.45) is -3.73. The number of anilines is 2. The summed E-state index contributed by atoms with van der Waals surface area (Å²) in [7, 11) is -3.94. The normalized spacial score (nSPS) is 16.7. The Balaban J connectivity index is 1.33. The Morgan fingerprint density at radius 3 is 2.47 bits per heavy atom. The molecule has 0 atom stereocenters. The maximum Gasteiger partial charge on any atom is 0.416 e. The van der Waals surface area contributed by atoms with Gasteiger partial charge in [0.15, 0.2) is 0 Å². The zero-order chi connectivity index (χ0) is 24.5. The quantitative estimate of drug-likeness (QED) is 0.662. The number of piperazine rings is 1. The van der Waals surface area contributed by atoms with Crippen molar-refractivity contribution in [1.82, 2.24) is 9.62 Å². The van der Waals surface area contributed by atoms with E-state index in [1.165, 1.54) is 29.2 Å². The molecule has 0 spiro atoms. The molecule has 0 aliphatic carbocycles. The lowest BCUT2D eigenvalue weighted by Gasteiger charge is -2.36. The summed E-state index contributed by atoms with van der Waals surface area (Å²) in [6.45, 7) is 0.747. The minimum atomic E-state index is -4.43. The van der Waals surface area contributed by atoms with Crippen molar-refractivity contribution in [3.8, 4) is 0 Å². The monoisotopic (exact) mass is 496 g/mol. The fourth-order valence-electron chi connectivity index (χ4n) is 3.97. The van der Waals surface area contributed by atoms with Crippen LogP contribution in [-0.4, -0.2) is 57.9 Å². The van der Waals surface area contributed by atoms with Gasteiger partial charge in [0.05, 0.1) is 17.0 Å². The second-order valence-corrected chi connectivity index (χ2v) is 9.87. The average molecular weight is 497 g/mol. The first-order valence-electron chi connectivity index (χ1n) is 10.7. The fourth-order valence-corrected chi connectivity index (χ4v) is 5.00.